The molecule has 3 atom stereocenters. The van der Waals surface area contributed by atoms with Crippen LogP contribution in [0.15, 0.2) is 24.0 Å². The molecule has 1 N–H and O–H groups in total. The number of fused-ring (bicyclic) bond motifs is 1. The SMILES string of the molecule is COC1=C[C@@H]2[C@H]3Cc4ccc(OC)c(O)c4[C@]2(CCN3C)CC1=O.Cl. The van der Waals surface area contributed by atoms with Crippen LogP contribution in [-0.2, 0) is 21.4 Å². The van der Waals surface area contributed by atoms with Crippen molar-refractivity contribution in [3.05, 3.63) is 35.1 Å². The van der Waals surface area contributed by atoms with Crippen LogP contribution in [0, 0.1) is 5.92 Å². The molecule has 1 aromatic carbocycles. The maximum Gasteiger partial charge on any atom is 0.197 e. The molecule has 4 rings (SSSR count). The topological polar surface area (TPSA) is 59.0 Å². The number of likely N-dealkylation sites (tertiary alicyclic amines) is 1. The molecule has 2 bridgehead atoms. The van der Waals surface area contributed by atoms with Crippen molar-refractivity contribution in [3.8, 4) is 11.5 Å². The summed E-state index contributed by atoms with van der Waals surface area (Å²) < 4.78 is 10.6. The summed E-state index contributed by atoms with van der Waals surface area (Å²) in [6.45, 7) is 0.917. The van der Waals surface area contributed by atoms with E-state index < -0.39 is 0 Å². The number of phenols is 1. The van der Waals surface area contributed by atoms with E-state index in [2.05, 4.69) is 11.9 Å². The van der Waals surface area contributed by atoms with Gasteiger partial charge in [-0.25, -0.2) is 0 Å². The Morgan fingerprint density at radius 3 is 2.72 bits per heavy atom. The highest BCUT2D eigenvalue weighted by Gasteiger charge is 2.56. The molecule has 0 radical (unpaired) electrons. The van der Waals surface area contributed by atoms with E-state index in [1.807, 2.05) is 18.2 Å². The Kier molecular flexibility index (Phi) is 4.50. The smallest absolute Gasteiger partial charge is 0.197 e. The van der Waals surface area contributed by atoms with Crippen molar-refractivity contribution in [3.63, 3.8) is 0 Å². The molecule has 1 saturated heterocycles. The third kappa shape index (κ3) is 2.36. The number of halogens is 1. The van der Waals surface area contributed by atoms with Gasteiger partial charge in [-0.15, -0.1) is 12.4 Å². The number of rotatable bonds is 2. The molecule has 2 aliphatic carbocycles. The van der Waals surface area contributed by atoms with Crippen molar-refractivity contribution < 1.29 is 19.4 Å². The van der Waals surface area contributed by atoms with E-state index in [-0.39, 0.29) is 35.3 Å². The van der Waals surface area contributed by atoms with Crippen molar-refractivity contribution in [2.45, 2.75) is 30.7 Å². The van der Waals surface area contributed by atoms with E-state index in [9.17, 15) is 9.90 Å². The molecule has 1 aromatic rings. The number of benzene rings is 1. The van der Waals surface area contributed by atoms with Crippen molar-refractivity contribution in [1.29, 1.82) is 0 Å². The fourth-order valence-electron chi connectivity index (χ4n) is 5.03. The molecule has 136 valence electrons. The Morgan fingerprint density at radius 1 is 1.28 bits per heavy atom. The number of carbonyl (C=O) groups excluding carboxylic acids is 1. The van der Waals surface area contributed by atoms with Crippen molar-refractivity contribution in [2.75, 3.05) is 27.8 Å². The van der Waals surface area contributed by atoms with Crippen molar-refractivity contribution >= 4 is 18.2 Å². The minimum Gasteiger partial charge on any atom is -0.504 e. The normalized spacial score (nSPS) is 30.5. The lowest BCUT2D eigenvalue weighted by Gasteiger charge is -2.56. The maximum atomic E-state index is 12.6. The fourth-order valence-corrected chi connectivity index (χ4v) is 5.03. The highest BCUT2D eigenvalue weighted by molar-refractivity contribution is 5.96. The number of methoxy groups -OCH3 is 2. The van der Waals surface area contributed by atoms with Crippen LogP contribution in [0.3, 0.4) is 0 Å². The maximum absolute atomic E-state index is 12.6. The first-order valence-electron chi connectivity index (χ1n) is 8.40. The van der Waals surface area contributed by atoms with Gasteiger partial charge in [-0.1, -0.05) is 6.07 Å². The summed E-state index contributed by atoms with van der Waals surface area (Å²) in [5, 5.41) is 10.9. The van der Waals surface area contributed by atoms with Gasteiger partial charge in [0, 0.05) is 29.4 Å². The summed E-state index contributed by atoms with van der Waals surface area (Å²) in [5.41, 5.74) is 1.68. The molecule has 0 spiro atoms. The number of Topliss-reactive ketones (excluding diaryl/α,β-unsaturated/α-hetero) is 1. The van der Waals surface area contributed by atoms with Gasteiger partial charge in [-0.05, 0) is 44.1 Å². The molecule has 6 heteroatoms. The highest BCUT2D eigenvalue weighted by atomic mass is 35.5. The second kappa shape index (κ2) is 6.22. The van der Waals surface area contributed by atoms with E-state index in [1.165, 1.54) is 0 Å². The van der Waals surface area contributed by atoms with Crippen LogP contribution in [0.5, 0.6) is 11.5 Å². The van der Waals surface area contributed by atoms with Crippen LogP contribution in [0.2, 0.25) is 0 Å². The molecule has 1 aliphatic heterocycles. The fraction of sp³-hybridized carbons (Fsp3) is 0.526. The molecule has 5 nitrogen and oxygen atoms in total. The number of piperidine rings is 1. The lowest BCUT2D eigenvalue weighted by Crippen LogP contribution is -2.60. The molecule has 0 saturated carbocycles. The number of aromatic hydroxyl groups is 1. The monoisotopic (exact) mass is 365 g/mol. The first-order chi connectivity index (χ1) is 11.5. The molecule has 0 unspecified atom stereocenters. The molecule has 1 heterocycles. The van der Waals surface area contributed by atoms with Gasteiger partial charge in [0.1, 0.15) is 0 Å². The number of ether oxygens (including phenoxy) is 2. The number of likely N-dealkylation sites (N-methyl/N-ethyl adjacent to an activating group) is 1. The Hall–Kier alpha value is -1.72. The van der Waals surface area contributed by atoms with E-state index >= 15 is 0 Å². The molecule has 0 amide bonds. The van der Waals surface area contributed by atoms with Gasteiger partial charge >= 0.3 is 0 Å². The van der Waals surface area contributed by atoms with Crippen molar-refractivity contribution in [2.24, 2.45) is 5.92 Å². The van der Waals surface area contributed by atoms with Gasteiger partial charge in [-0.3, -0.25) is 4.79 Å². The Labute approximate surface area is 154 Å². The van der Waals surface area contributed by atoms with Crippen LogP contribution in [-0.4, -0.2) is 49.6 Å². The van der Waals surface area contributed by atoms with Gasteiger partial charge in [0.25, 0.3) is 0 Å². The molecular weight excluding hydrogens is 342 g/mol. The zero-order valence-electron chi connectivity index (χ0n) is 14.7. The van der Waals surface area contributed by atoms with Gasteiger partial charge in [0.05, 0.1) is 14.2 Å². The molecule has 25 heavy (non-hydrogen) atoms. The summed E-state index contributed by atoms with van der Waals surface area (Å²) in [7, 11) is 5.25. The summed E-state index contributed by atoms with van der Waals surface area (Å²) in [6.07, 6.45) is 4.08. The van der Waals surface area contributed by atoms with Crippen LogP contribution < -0.4 is 4.74 Å². The number of ketones is 1. The van der Waals surface area contributed by atoms with Crippen LogP contribution in [0.25, 0.3) is 0 Å². The predicted octanol–water partition coefficient (Wildman–Crippen LogP) is 2.44. The molecule has 1 fully saturated rings. The van der Waals surface area contributed by atoms with E-state index in [1.54, 1.807) is 14.2 Å². The Balaban J connectivity index is 0.00000182. The Morgan fingerprint density at radius 2 is 2.04 bits per heavy atom. The number of hydrogen-bond acceptors (Lipinski definition) is 5. The quantitative estimate of drug-likeness (QED) is 0.872. The third-order valence-corrected chi connectivity index (χ3v) is 6.21. The van der Waals surface area contributed by atoms with Gasteiger partial charge in [0.2, 0.25) is 0 Å². The molecular formula is C19H24ClNO4. The third-order valence-electron chi connectivity index (χ3n) is 6.21. The summed E-state index contributed by atoms with van der Waals surface area (Å²) in [5.74, 6) is 1.32. The zero-order chi connectivity index (χ0) is 17.1. The van der Waals surface area contributed by atoms with Gasteiger partial charge in [-0.2, -0.15) is 0 Å². The first-order valence-corrected chi connectivity index (χ1v) is 8.40. The Bertz CT molecular complexity index is 747. The lowest BCUT2D eigenvalue weighted by molar-refractivity contribution is -0.122. The zero-order valence-corrected chi connectivity index (χ0v) is 15.6. The summed E-state index contributed by atoms with van der Waals surface area (Å²) >= 11 is 0. The van der Waals surface area contributed by atoms with Crippen LogP contribution in [0.4, 0.5) is 0 Å². The average molecular weight is 366 g/mol. The minimum absolute atomic E-state index is 0. The standard InChI is InChI=1S/C19H23NO4.ClH/c1-20-7-6-19-10-14(21)16(24-3)9-12(19)13(20)8-11-4-5-15(23-2)18(22)17(11)19;/h4-5,9,12-13,22H,6-8,10H2,1-3H3;1H/t12-,13-,19-;/m1./s1. The largest absolute Gasteiger partial charge is 0.504 e. The number of nitrogens with zero attached hydrogens (tertiary/aromatic N) is 1. The minimum atomic E-state index is -0.359. The average Bonchev–Trinajstić information content (AvgIpc) is 2.57. The number of phenolic OH excluding ortho intramolecular Hbond substituents is 1. The van der Waals surface area contributed by atoms with Gasteiger partial charge < -0.3 is 19.5 Å². The second-order valence-electron chi connectivity index (χ2n) is 7.17. The van der Waals surface area contributed by atoms with E-state index in [0.717, 1.165) is 30.5 Å². The van der Waals surface area contributed by atoms with Gasteiger partial charge in [0.15, 0.2) is 23.0 Å². The van der Waals surface area contributed by atoms with Crippen molar-refractivity contribution in [1.82, 2.24) is 4.90 Å². The summed E-state index contributed by atoms with van der Waals surface area (Å²) in [4.78, 5) is 15.0. The second-order valence-corrected chi connectivity index (χ2v) is 7.17. The highest BCUT2D eigenvalue weighted by Crippen LogP contribution is 2.57. The first kappa shape index (κ1) is 18.1. The number of allylic oxidation sites excluding steroid dienone is 1. The summed E-state index contributed by atoms with van der Waals surface area (Å²) in [6, 6.07) is 4.18. The predicted molar refractivity (Wildman–Crippen MR) is 96.5 cm³/mol. The number of hydrogen-bond donors (Lipinski definition) is 1. The lowest BCUT2D eigenvalue weighted by atomic mass is 9.53. The van der Waals surface area contributed by atoms with Crippen LogP contribution >= 0.6 is 12.4 Å². The van der Waals surface area contributed by atoms with E-state index in [0.29, 0.717) is 24.0 Å². The molecule has 3 aliphatic rings. The molecule has 0 aromatic heterocycles. The van der Waals surface area contributed by atoms with E-state index in [4.69, 9.17) is 9.47 Å². The number of carbonyl (C=O) groups is 1. The van der Waals surface area contributed by atoms with Crippen LogP contribution in [0.1, 0.15) is 24.0 Å².